The Hall–Kier alpha value is -2.52. The predicted molar refractivity (Wildman–Crippen MR) is 76.5 cm³/mol. The van der Waals surface area contributed by atoms with Gasteiger partial charge in [-0.05, 0) is 31.9 Å². The molecule has 1 aliphatic heterocycles. The number of pyridine rings is 1. The number of nitrogens with zero attached hydrogens (tertiary/aromatic N) is 3. The van der Waals surface area contributed by atoms with Crippen LogP contribution in [0.2, 0.25) is 0 Å². The molecule has 3 rings (SSSR count). The Morgan fingerprint density at radius 1 is 1.59 bits per heavy atom. The Kier molecular flexibility index (Phi) is 3.51. The molecule has 0 bridgehead atoms. The molecule has 0 aliphatic carbocycles. The number of hydrogen-bond acceptors (Lipinski definition) is 4. The summed E-state index contributed by atoms with van der Waals surface area (Å²) in [6.07, 6.45) is 1.71. The number of carbonyl (C=O) groups is 1. The summed E-state index contributed by atoms with van der Waals surface area (Å²) in [6, 6.07) is 5.10. The number of rotatable bonds is 2. The summed E-state index contributed by atoms with van der Waals surface area (Å²) >= 11 is 0. The van der Waals surface area contributed by atoms with Gasteiger partial charge in [0.15, 0.2) is 5.78 Å². The van der Waals surface area contributed by atoms with Crippen molar-refractivity contribution in [2.45, 2.75) is 32.4 Å². The summed E-state index contributed by atoms with van der Waals surface area (Å²) in [7, 11) is 0. The zero-order chi connectivity index (χ0) is 15.9. The molecule has 1 unspecified atom stereocenters. The fourth-order valence-electron chi connectivity index (χ4n) is 3.10. The number of hydrogen-bond donors (Lipinski definition) is 1. The van der Waals surface area contributed by atoms with Crippen molar-refractivity contribution in [3.8, 4) is 17.3 Å². The summed E-state index contributed by atoms with van der Waals surface area (Å²) < 4.78 is 15.8. The Labute approximate surface area is 126 Å². The Balaban J connectivity index is 2.41. The summed E-state index contributed by atoms with van der Waals surface area (Å²) in [5, 5.41) is 19.7. The molecular weight excluding hydrogens is 285 g/mol. The van der Waals surface area contributed by atoms with Crippen molar-refractivity contribution in [3.05, 3.63) is 41.1 Å². The maximum absolute atomic E-state index is 14.1. The lowest BCUT2D eigenvalue weighted by atomic mass is 9.99. The van der Waals surface area contributed by atoms with Crippen molar-refractivity contribution in [2.24, 2.45) is 0 Å². The molecule has 1 N–H and O–H groups in total. The minimum atomic E-state index is -0.826. The SMILES string of the molecule is CC(=O)c1c(C#N)c(-c2cccnc2F)n2c1C(O)CCC2. The molecule has 0 fully saturated rings. The van der Waals surface area contributed by atoms with Crippen molar-refractivity contribution in [1.82, 2.24) is 9.55 Å². The topological polar surface area (TPSA) is 78.9 Å². The van der Waals surface area contributed by atoms with Crippen LogP contribution in [0, 0.1) is 17.3 Å². The van der Waals surface area contributed by atoms with Crippen LogP contribution in [-0.2, 0) is 6.54 Å². The molecule has 2 aromatic rings. The molecule has 0 saturated heterocycles. The van der Waals surface area contributed by atoms with E-state index in [2.05, 4.69) is 4.98 Å². The average molecular weight is 299 g/mol. The summed E-state index contributed by atoms with van der Waals surface area (Å²) in [5.41, 5.74) is 1.20. The number of Topliss-reactive ketones (excluding diaryl/α,β-unsaturated/α-hetero) is 1. The van der Waals surface area contributed by atoms with E-state index in [0.29, 0.717) is 30.8 Å². The normalized spacial score (nSPS) is 16.9. The number of carbonyl (C=O) groups excluding carboxylic acids is 1. The van der Waals surface area contributed by atoms with Crippen LogP contribution in [0.25, 0.3) is 11.3 Å². The number of aliphatic hydroxyl groups excluding tert-OH is 1. The van der Waals surface area contributed by atoms with Crippen LogP contribution in [0.5, 0.6) is 0 Å². The van der Waals surface area contributed by atoms with Gasteiger partial charge in [-0.25, -0.2) is 4.98 Å². The minimum absolute atomic E-state index is 0.107. The highest BCUT2D eigenvalue weighted by molar-refractivity contribution is 6.00. The Bertz CT molecular complexity index is 804. The molecule has 0 saturated carbocycles. The summed E-state index contributed by atoms with van der Waals surface area (Å²) in [4.78, 5) is 15.6. The number of nitriles is 1. The molecular formula is C16H14FN3O2. The first-order valence-electron chi connectivity index (χ1n) is 7.02. The maximum Gasteiger partial charge on any atom is 0.222 e. The Morgan fingerprint density at radius 2 is 2.36 bits per heavy atom. The zero-order valence-corrected chi connectivity index (χ0v) is 12.0. The molecule has 1 aliphatic rings. The van der Waals surface area contributed by atoms with Crippen LogP contribution in [0.3, 0.4) is 0 Å². The van der Waals surface area contributed by atoms with Crippen LogP contribution in [0.1, 0.15) is 47.5 Å². The first-order valence-corrected chi connectivity index (χ1v) is 7.02. The summed E-state index contributed by atoms with van der Waals surface area (Å²) in [6.45, 7) is 1.87. The molecule has 22 heavy (non-hydrogen) atoms. The fraction of sp³-hybridized carbons (Fsp3) is 0.312. The van der Waals surface area contributed by atoms with Gasteiger partial charge >= 0.3 is 0 Å². The Morgan fingerprint density at radius 3 is 3.00 bits per heavy atom. The quantitative estimate of drug-likeness (QED) is 0.683. The van der Waals surface area contributed by atoms with Crippen molar-refractivity contribution < 1.29 is 14.3 Å². The first-order chi connectivity index (χ1) is 10.6. The van der Waals surface area contributed by atoms with Gasteiger partial charge in [-0.3, -0.25) is 4.79 Å². The number of halogens is 1. The molecule has 0 amide bonds. The van der Waals surface area contributed by atoms with Crippen molar-refractivity contribution >= 4 is 5.78 Å². The van der Waals surface area contributed by atoms with Gasteiger partial charge in [-0.1, -0.05) is 0 Å². The van der Waals surface area contributed by atoms with Gasteiger partial charge in [0.25, 0.3) is 0 Å². The number of ketones is 1. The minimum Gasteiger partial charge on any atom is -0.387 e. The fourth-order valence-corrected chi connectivity index (χ4v) is 3.10. The zero-order valence-electron chi connectivity index (χ0n) is 12.0. The van der Waals surface area contributed by atoms with E-state index < -0.39 is 12.1 Å². The second-order valence-corrected chi connectivity index (χ2v) is 5.30. The monoisotopic (exact) mass is 299 g/mol. The van der Waals surface area contributed by atoms with Gasteiger partial charge in [0.05, 0.1) is 34.2 Å². The number of aromatic nitrogens is 2. The van der Waals surface area contributed by atoms with Crippen molar-refractivity contribution in [2.75, 3.05) is 0 Å². The van der Waals surface area contributed by atoms with Crippen molar-refractivity contribution in [1.29, 1.82) is 5.26 Å². The van der Waals surface area contributed by atoms with E-state index in [9.17, 15) is 19.6 Å². The average Bonchev–Trinajstić information content (AvgIpc) is 2.83. The molecule has 2 aromatic heterocycles. The van der Waals surface area contributed by atoms with Crippen LogP contribution < -0.4 is 0 Å². The van der Waals surface area contributed by atoms with E-state index in [0.717, 1.165) is 0 Å². The van der Waals surface area contributed by atoms with Gasteiger partial charge in [0, 0.05) is 12.7 Å². The maximum atomic E-state index is 14.1. The highest BCUT2D eigenvalue weighted by Gasteiger charge is 2.33. The number of fused-ring (bicyclic) bond motifs is 1. The summed E-state index contributed by atoms with van der Waals surface area (Å²) in [5.74, 6) is -1.01. The number of aliphatic hydroxyl groups is 1. The van der Waals surface area contributed by atoms with Crippen LogP contribution >= 0.6 is 0 Å². The van der Waals surface area contributed by atoms with Gasteiger partial charge in [-0.15, -0.1) is 0 Å². The molecule has 0 spiro atoms. The van der Waals surface area contributed by atoms with E-state index in [1.54, 1.807) is 10.6 Å². The molecule has 1 atom stereocenters. The van der Waals surface area contributed by atoms with E-state index in [1.165, 1.54) is 19.2 Å². The highest BCUT2D eigenvalue weighted by atomic mass is 19.1. The lowest BCUT2D eigenvalue weighted by Crippen LogP contribution is -2.17. The smallest absolute Gasteiger partial charge is 0.222 e. The molecule has 5 nitrogen and oxygen atoms in total. The van der Waals surface area contributed by atoms with Gasteiger partial charge in [-0.2, -0.15) is 9.65 Å². The first kappa shape index (κ1) is 14.4. The van der Waals surface area contributed by atoms with Gasteiger partial charge in [0.1, 0.15) is 6.07 Å². The third-order valence-electron chi connectivity index (χ3n) is 3.96. The van der Waals surface area contributed by atoms with Gasteiger partial charge < -0.3 is 9.67 Å². The highest BCUT2D eigenvalue weighted by Crippen LogP contribution is 2.39. The lowest BCUT2D eigenvalue weighted by molar-refractivity contribution is 0.0995. The van der Waals surface area contributed by atoms with Crippen LogP contribution in [0.15, 0.2) is 18.3 Å². The van der Waals surface area contributed by atoms with Gasteiger partial charge in [0.2, 0.25) is 5.95 Å². The second kappa shape index (κ2) is 5.35. The molecule has 0 aromatic carbocycles. The molecule has 6 heteroatoms. The van der Waals surface area contributed by atoms with E-state index >= 15 is 0 Å². The third kappa shape index (κ3) is 2.02. The molecule has 112 valence electrons. The van der Waals surface area contributed by atoms with Crippen LogP contribution in [0.4, 0.5) is 4.39 Å². The third-order valence-corrected chi connectivity index (χ3v) is 3.96. The van der Waals surface area contributed by atoms with E-state index in [-0.39, 0.29) is 22.5 Å². The largest absolute Gasteiger partial charge is 0.387 e. The second-order valence-electron chi connectivity index (χ2n) is 5.30. The lowest BCUT2D eigenvalue weighted by Gasteiger charge is -2.23. The van der Waals surface area contributed by atoms with E-state index in [1.807, 2.05) is 6.07 Å². The standard InChI is InChI=1S/C16H14FN3O2/c1-9(21)13-11(8-18)14(10-4-2-6-19-16(10)17)20-7-3-5-12(22)15(13)20/h2,4,6,12,22H,3,5,7H2,1H3. The molecule has 0 radical (unpaired) electrons. The van der Waals surface area contributed by atoms with Crippen molar-refractivity contribution in [3.63, 3.8) is 0 Å². The predicted octanol–water partition coefficient (Wildman–Crippen LogP) is 2.59. The van der Waals surface area contributed by atoms with Crippen LogP contribution in [-0.4, -0.2) is 20.4 Å². The van der Waals surface area contributed by atoms with E-state index in [4.69, 9.17) is 0 Å². The molecule has 3 heterocycles.